The number of carbonyl (C=O) groups excluding carboxylic acids is 1. The zero-order valence-electron chi connectivity index (χ0n) is 11.4. The van der Waals surface area contributed by atoms with Crippen LogP contribution >= 0.6 is 0 Å². The number of esters is 1. The van der Waals surface area contributed by atoms with Gasteiger partial charge in [0.2, 0.25) is 34.8 Å². The molecule has 1 heterocycles. The van der Waals surface area contributed by atoms with Crippen molar-refractivity contribution in [3.05, 3.63) is 29.1 Å². The van der Waals surface area contributed by atoms with E-state index in [0.717, 1.165) is 12.8 Å². The Morgan fingerprint density at radius 3 is 2.00 bits per heavy atom. The molecular weight excluding hydrogens is 311 g/mol. The number of halogens is 5. The van der Waals surface area contributed by atoms with E-state index in [2.05, 4.69) is 4.74 Å². The van der Waals surface area contributed by atoms with Crippen LogP contribution in [0.4, 0.5) is 22.0 Å². The highest BCUT2D eigenvalue weighted by atomic mass is 19.2. The molecule has 0 spiro atoms. The van der Waals surface area contributed by atoms with Crippen LogP contribution in [0.1, 0.15) is 25.7 Å². The molecule has 0 radical (unpaired) electrons. The quantitative estimate of drug-likeness (QED) is 0.280. The summed E-state index contributed by atoms with van der Waals surface area (Å²) in [6, 6.07) is 0. The van der Waals surface area contributed by atoms with Crippen molar-refractivity contribution >= 4 is 5.97 Å². The van der Waals surface area contributed by atoms with Gasteiger partial charge in [-0.25, -0.2) is 13.2 Å². The lowest BCUT2D eigenvalue weighted by Gasteiger charge is -2.21. The van der Waals surface area contributed by atoms with Crippen LogP contribution in [0.25, 0.3) is 0 Å². The van der Waals surface area contributed by atoms with E-state index in [1.807, 2.05) is 0 Å². The van der Waals surface area contributed by atoms with Gasteiger partial charge < -0.3 is 9.47 Å². The molecule has 1 aromatic carbocycles. The Balaban J connectivity index is 2.02. The van der Waals surface area contributed by atoms with E-state index in [1.165, 1.54) is 0 Å². The van der Waals surface area contributed by atoms with Gasteiger partial charge in [-0.1, -0.05) is 0 Å². The van der Waals surface area contributed by atoms with Gasteiger partial charge in [0.25, 0.3) is 0 Å². The van der Waals surface area contributed by atoms with E-state index in [9.17, 15) is 26.7 Å². The Kier molecular flexibility index (Phi) is 5.33. The molecule has 0 N–H and O–H groups in total. The average molecular weight is 324 g/mol. The maximum atomic E-state index is 13.3. The number of rotatable bonds is 4. The van der Waals surface area contributed by atoms with Crippen LogP contribution in [0.5, 0.6) is 5.75 Å². The third kappa shape index (κ3) is 3.55. The second-order valence-electron chi connectivity index (χ2n) is 4.97. The highest BCUT2D eigenvalue weighted by molar-refractivity contribution is 5.72. The third-order valence-electron chi connectivity index (χ3n) is 3.48. The number of carbonyl (C=O) groups is 1. The summed E-state index contributed by atoms with van der Waals surface area (Å²) in [5.74, 6) is -13.3. The molecule has 0 saturated carbocycles. The molecule has 1 fully saturated rings. The minimum atomic E-state index is -2.29. The summed E-state index contributed by atoms with van der Waals surface area (Å²) >= 11 is 0. The van der Waals surface area contributed by atoms with Gasteiger partial charge in [-0.3, -0.25) is 4.79 Å². The van der Waals surface area contributed by atoms with Gasteiger partial charge >= 0.3 is 5.97 Å². The Bertz CT molecular complexity index is 541. The smallest absolute Gasteiger partial charge is 0.311 e. The van der Waals surface area contributed by atoms with Gasteiger partial charge in [0.05, 0.1) is 0 Å². The molecule has 0 aromatic heterocycles. The van der Waals surface area contributed by atoms with Crippen molar-refractivity contribution in [2.75, 3.05) is 13.2 Å². The van der Waals surface area contributed by atoms with Crippen LogP contribution in [0.3, 0.4) is 0 Å². The summed E-state index contributed by atoms with van der Waals surface area (Å²) in [4.78, 5) is 11.5. The fourth-order valence-corrected chi connectivity index (χ4v) is 2.20. The summed E-state index contributed by atoms with van der Waals surface area (Å²) in [7, 11) is 0. The molecule has 0 bridgehead atoms. The molecule has 22 heavy (non-hydrogen) atoms. The number of ether oxygens (including phenoxy) is 2. The van der Waals surface area contributed by atoms with Gasteiger partial charge in [-0.15, -0.1) is 0 Å². The molecule has 122 valence electrons. The molecular formula is C14H13F5O3. The predicted molar refractivity (Wildman–Crippen MR) is 64.6 cm³/mol. The van der Waals surface area contributed by atoms with Crippen LogP contribution in [0.2, 0.25) is 0 Å². The molecule has 3 nitrogen and oxygen atoms in total. The minimum Gasteiger partial charge on any atom is -0.420 e. The van der Waals surface area contributed by atoms with Gasteiger partial charge in [-0.05, 0) is 25.2 Å². The molecule has 1 saturated heterocycles. The first kappa shape index (κ1) is 16.7. The van der Waals surface area contributed by atoms with Gasteiger partial charge in [0, 0.05) is 19.6 Å². The van der Waals surface area contributed by atoms with Crippen molar-refractivity contribution < 1.29 is 36.2 Å². The second kappa shape index (κ2) is 7.04. The topological polar surface area (TPSA) is 35.5 Å². The zero-order valence-corrected chi connectivity index (χ0v) is 11.4. The van der Waals surface area contributed by atoms with Gasteiger partial charge in [-0.2, -0.15) is 8.78 Å². The van der Waals surface area contributed by atoms with E-state index in [4.69, 9.17) is 4.74 Å². The predicted octanol–water partition coefficient (Wildman–Crippen LogP) is 3.49. The first-order valence-electron chi connectivity index (χ1n) is 6.71. The van der Waals surface area contributed by atoms with Gasteiger partial charge in [0.1, 0.15) is 0 Å². The Labute approximate surface area is 123 Å². The van der Waals surface area contributed by atoms with Crippen LogP contribution in [-0.4, -0.2) is 19.2 Å². The van der Waals surface area contributed by atoms with E-state index >= 15 is 0 Å². The van der Waals surface area contributed by atoms with Crippen LogP contribution in [-0.2, 0) is 9.53 Å². The molecule has 1 aromatic rings. The lowest BCUT2D eigenvalue weighted by Crippen LogP contribution is -2.18. The first-order valence-corrected chi connectivity index (χ1v) is 6.71. The Morgan fingerprint density at radius 2 is 1.45 bits per heavy atom. The molecule has 0 unspecified atom stereocenters. The fourth-order valence-electron chi connectivity index (χ4n) is 2.20. The van der Waals surface area contributed by atoms with Crippen LogP contribution < -0.4 is 4.74 Å². The molecule has 0 amide bonds. The van der Waals surface area contributed by atoms with E-state index in [-0.39, 0.29) is 12.3 Å². The van der Waals surface area contributed by atoms with Crippen molar-refractivity contribution in [1.29, 1.82) is 0 Å². The fraction of sp³-hybridized carbons (Fsp3) is 0.500. The summed E-state index contributed by atoms with van der Waals surface area (Å²) < 4.78 is 74.9. The van der Waals surface area contributed by atoms with Crippen LogP contribution in [0, 0.1) is 35.0 Å². The molecule has 0 atom stereocenters. The summed E-state index contributed by atoms with van der Waals surface area (Å²) in [5, 5.41) is 0. The third-order valence-corrected chi connectivity index (χ3v) is 3.48. The van der Waals surface area contributed by atoms with E-state index < -0.39 is 40.8 Å². The maximum Gasteiger partial charge on any atom is 0.311 e. The van der Waals surface area contributed by atoms with E-state index in [0.29, 0.717) is 19.6 Å². The molecule has 1 aliphatic heterocycles. The highest BCUT2D eigenvalue weighted by Gasteiger charge is 2.28. The lowest BCUT2D eigenvalue weighted by molar-refractivity contribution is -0.135. The maximum absolute atomic E-state index is 13.3. The zero-order chi connectivity index (χ0) is 16.3. The Morgan fingerprint density at radius 1 is 0.955 bits per heavy atom. The summed E-state index contributed by atoms with van der Waals surface area (Å²) in [6.07, 6.45) is 1.72. The number of hydrogen-bond donors (Lipinski definition) is 0. The van der Waals surface area contributed by atoms with Crippen LogP contribution in [0.15, 0.2) is 0 Å². The second-order valence-corrected chi connectivity index (χ2v) is 4.97. The normalized spacial score (nSPS) is 15.9. The van der Waals surface area contributed by atoms with E-state index in [1.54, 1.807) is 0 Å². The molecule has 0 aliphatic carbocycles. The van der Waals surface area contributed by atoms with Crippen molar-refractivity contribution in [2.45, 2.75) is 25.7 Å². The summed E-state index contributed by atoms with van der Waals surface area (Å²) in [5.41, 5.74) is 0. The summed E-state index contributed by atoms with van der Waals surface area (Å²) in [6.45, 7) is 1.13. The SMILES string of the molecule is O=C(CCC1CCOCC1)Oc1c(F)c(F)c(F)c(F)c1F. The van der Waals surface area contributed by atoms with Gasteiger partial charge in [0.15, 0.2) is 0 Å². The monoisotopic (exact) mass is 324 g/mol. The highest BCUT2D eigenvalue weighted by Crippen LogP contribution is 2.29. The Hall–Kier alpha value is -1.70. The van der Waals surface area contributed by atoms with Crippen molar-refractivity contribution in [3.8, 4) is 5.75 Å². The first-order chi connectivity index (χ1) is 10.4. The number of benzene rings is 1. The molecule has 1 aliphatic rings. The van der Waals surface area contributed by atoms with Crippen molar-refractivity contribution in [1.82, 2.24) is 0 Å². The molecule has 8 heteroatoms. The standard InChI is InChI=1S/C14H13F5O3/c15-9-10(16)12(18)14(13(19)11(9)17)22-8(20)2-1-7-3-5-21-6-4-7/h7H,1-6H2. The lowest BCUT2D eigenvalue weighted by atomic mass is 9.95. The molecule has 2 rings (SSSR count). The van der Waals surface area contributed by atoms with Crippen molar-refractivity contribution in [2.24, 2.45) is 5.92 Å². The largest absolute Gasteiger partial charge is 0.420 e. The average Bonchev–Trinajstić information content (AvgIpc) is 2.54. The van der Waals surface area contributed by atoms with Crippen molar-refractivity contribution in [3.63, 3.8) is 0 Å². The minimum absolute atomic E-state index is 0.176. The number of hydrogen-bond acceptors (Lipinski definition) is 3.